The van der Waals surface area contributed by atoms with Crippen molar-refractivity contribution in [3.8, 4) is 0 Å². The second kappa shape index (κ2) is 7.39. The Balaban J connectivity index is 3.88. The Hall–Kier alpha value is -0.890. The number of ether oxygens (including phenoxy) is 1. The van der Waals surface area contributed by atoms with Crippen molar-refractivity contribution in [1.29, 1.82) is 0 Å². The summed E-state index contributed by atoms with van der Waals surface area (Å²) < 4.78 is 5.42. The maximum atomic E-state index is 10.6. The lowest BCUT2D eigenvalue weighted by Crippen LogP contribution is -2.26. The Morgan fingerprint density at radius 2 is 1.81 bits per heavy atom. The first kappa shape index (κ1) is 15.1. The number of hydrogen-bond donors (Lipinski definition) is 0. The van der Waals surface area contributed by atoms with E-state index in [4.69, 9.17) is 4.74 Å². The lowest BCUT2D eigenvalue weighted by Gasteiger charge is -2.16. The molecule has 0 saturated carbocycles. The summed E-state index contributed by atoms with van der Waals surface area (Å²) in [5.41, 5.74) is 1.99. The van der Waals surface area contributed by atoms with Crippen LogP contribution in [0.1, 0.15) is 47.5 Å². The second-order valence-corrected chi connectivity index (χ2v) is 4.90. The molecule has 0 heterocycles. The Morgan fingerprint density at radius 3 is 2.31 bits per heavy atom. The van der Waals surface area contributed by atoms with Gasteiger partial charge in [-0.25, -0.2) is 0 Å². The maximum absolute atomic E-state index is 10.6. The molecule has 0 aromatic carbocycles. The van der Waals surface area contributed by atoms with E-state index < -0.39 is 5.60 Å². The fourth-order valence-corrected chi connectivity index (χ4v) is 1.12. The van der Waals surface area contributed by atoms with E-state index >= 15 is 0 Å². The molecule has 0 bridgehead atoms. The molecule has 0 atom stereocenters. The first-order valence-corrected chi connectivity index (χ1v) is 5.76. The summed E-state index contributed by atoms with van der Waals surface area (Å²) in [4.78, 5) is 10.6. The topological polar surface area (TPSA) is 26.3 Å². The quantitative estimate of drug-likeness (QED) is 0.487. The first-order valence-electron chi connectivity index (χ1n) is 5.76. The highest BCUT2D eigenvalue weighted by Gasteiger charge is 2.15. The van der Waals surface area contributed by atoms with E-state index in [-0.39, 0.29) is 0 Å². The fourth-order valence-electron chi connectivity index (χ4n) is 1.12. The van der Waals surface area contributed by atoms with Crippen LogP contribution in [0.5, 0.6) is 0 Å². The van der Waals surface area contributed by atoms with Crippen molar-refractivity contribution >= 4 is 6.29 Å². The van der Waals surface area contributed by atoms with Crippen molar-refractivity contribution in [3.05, 3.63) is 23.3 Å². The lowest BCUT2D eigenvalue weighted by molar-refractivity contribution is -0.125. The molecule has 2 heteroatoms. The molecule has 0 fully saturated rings. The van der Waals surface area contributed by atoms with Gasteiger partial charge in [-0.2, -0.15) is 0 Å². The van der Waals surface area contributed by atoms with Crippen molar-refractivity contribution in [1.82, 2.24) is 0 Å². The van der Waals surface area contributed by atoms with Crippen molar-refractivity contribution < 1.29 is 9.53 Å². The number of carbonyl (C=O) groups is 1. The van der Waals surface area contributed by atoms with Gasteiger partial charge < -0.3 is 9.53 Å². The van der Waals surface area contributed by atoms with E-state index in [0.29, 0.717) is 6.61 Å². The number of aldehydes is 1. The molecule has 0 aromatic heterocycles. The summed E-state index contributed by atoms with van der Waals surface area (Å²) >= 11 is 0. The predicted molar refractivity (Wildman–Crippen MR) is 68.5 cm³/mol. The molecule has 0 amide bonds. The summed E-state index contributed by atoms with van der Waals surface area (Å²) in [6, 6.07) is 0. The SMILES string of the molecule is CC(C)=CCC/C(C)=C/COC(C)(C)C=O. The zero-order valence-electron chi connectivity index (χ0n) is 11.2. The van der Waals surface area contributed by atoms with Gasteiger partial charge in [0.05, 0.1) is 6.61 Å². The van der Waals surface area contributed by atoms with Crippen LogP contribution >= 0.6 is 0 Å². The van der Waals surface area contributed by atoms with Gasteiger partial charge in [-0.1, -0.05) is 23.3 Å². The van der Waals surface area contributed by atoms with Gasteiger partial charge in [0.15, 0.2) is 6.29 Å². The molecular weight excluding hydrogens is 200 g/mol. The highest BCUT2D eigenvalue weighted by molar-refractivity contribution is 5.60. The Bertz CT molecular complexity index is 268. The average Bonchev–Trinajstić information content (AvgIpc) is 2.17. The Morgan fingerprint density at radius 1 is 1.19 bits per heavy atom. The minimum Gasteiger partial charge on any atom is -0.364 e. The predicted octanol–water partition coefficient (Wildman–Crippen LogP) is 3.67. The molecule has 0 aromatic rings. The molecule has 0 saturated heterocycles. The Kier molecular flexibility index (Phi) is 6.98. The highest BCUT2D eigenvalue weighted by atomic mass is 16.5. The first-order chi connectivity index (χ1) is 7.37. The minimum absolute atomic E-state index is 0.506. The van der Waals surface area contributed by atoms with E-state index in [9.17, 15) is 4.79 Å². The zero-order valence-corrected chi connectivity index (χ0v) is 11.2. The Labute approximate surface area is 99.4 Å². The normalized spacial score (nSPS) is 12.4. The van der Waals surface area contributed by atoms with Crippen LogP contribution in [-0.4, -0.2) is 18.5 Å². The van der Waals surface area contributed by atoms with Gasteiger partial charge in [-0.05, 0) is 47.5 Å². The molecule has 0 unspecified atom stereocenters. The molecule has 92 valence electrons. The summed E-state index contributed by atoms with van der Waals surface area (Å²) in [5.74, 6) is 0. The van der Waals surface area contributed by atoms with Gasteiger partial charge in [0.2, 0.25) is 0 Å². The monoisotopic (exact) mass is 224 g/mol. The van der Waals surface area contributed by atoms with E-state index in [0.717, 1.165) is 19.1 Å². The summed E-state index contributed by atoms with van der Waals surface area (Å²) in [7, 11) is 0. The van der Waals surface area contributed by atoms with Crippen molar-refractivity contribution in [2.45, 2.75) is 53.1 Å². The van der Waals surface area contributed by atoms with Gasteiger partial charge in [0, 0.05) is 0 Å². The number of allylic oxidation sites excluding steroid dienone is 3. The van der Waals surface area contributed by atoms with E-state index in [1.807, 2.05) is 6.08 Å². The van der Waals surface area contributed by atoms with Gasteiger partial charge in [0.1, 0.15) is 5.60 Å². The summed E-state index contributed by atoms with van der Waals surface area (Å²) in [5, 5.41) is 0. The average molecular weight is 224 g/mol. The fraction of sp³-hybridized carbons (Fsp3) is 0.643. The number of hydrogen-bond acceptors (Lipinski definition) is 2. The highest BCUT2D eigenvalue weighted by Crippen LogP contribution is 2.09. The second-order valence-electron chi connectivity index (χ2n) is 4.90. The third-order valence-corrected chi connectivity index (χ3v) is 2.26. The smallest absolute Gasteiger partial charge is 0.151 e. The van der Waals surface area contributed by atoms with Gasteiger partial charge in [-0.3, -0.25) is 0 Å². The van der Waals surface area contributed by atoms with Crippen LogP contribution in [0, 0.1) is 0 Å². The molecule has 16 heavy (non-hydrogen) atoms. The molecule has 2 nitrogen and oxygen atoms in total. The van der Waals surface area contributed by atoms with Crippen LogP contribution in [0.25, 0.3) is 0 Å². The van der Waals surface area contributed by atoms with Crippen LogP contribution in [0.2, 0.25) is 0 Å². The third kappa shape index (κ3) is 8.42. The minimum atomic E-state index is -0.670. The van der Waals surface area contributed by atoms with E-state index in [2.05, 4.69) is 26.8 Å². The van der Waals surface area contributed by atoms with Crippen LogP contribution in [-0.2, 0) is 9.53 Å². The number of rotatable bonds is 7. The third-order valence-electron chi connectivity index (χ3n) is 2.26. The number of carbonyl (C=O) groups excluding carboxylic acids is 1. The molecule has 0 aliphatic rings. The molecule has 0 radical (unpaired) electrons. The summed E-state index contributed by atoms with van der Waals surface area (Å²) in [6.07, 6.45) is 7.23. The van der Waals surface area contributed by atoms with Gasteiger partial charge in [-0.15, -0.1) is 0 Å². The van der Waals surface area contributed by atoms with Gasteiger partial charge in [0.25, 0.3) is 0 Å². The largest absolute Gasteiger partial charge is 0.364 e. The van der Waals surface area contributed by atoms with Crippen LogP contribution in [0.4, 0.5) is 0 Å². The molecule has 0 N–H and O–H groups in total. The van der Waals surface area contributed by atoms with Crippen LogP contribution in [0.3, 0.4) is 0 Å². The van der Waals surface area contributed by atoms with Crippen LogP contribution in [0.15, 0.2) is 23.3 Å². The molecule has 0 aliphatic carbocycles. The van der Waals surface area contributed by atoms with Crippen molar-refractivity contribution in [2.24, 2.45) is 0 Å². The standard InChI is InChI=1S/C14H24O2/c1-12(2)7-6-8-13(3)9-10-16-14(4,5)11-15/h7,9,11H,6,8,10H2,1-5H3/b13-9+. The van der Waals surface area contributed by atoms with Crippen molar-refractivity contribution in [3.63, 3.8) is 0 Å². The van der Waals surface area contributed by atoms with Crippen LogP contribution < -0.4 is 0 Å². The van der Waals surface area contributed by atoms with Gasteiger partial charge >= 0.3 is 0 Å². The zero-order chi connectivity index (χ0) is 12.6. The van der Waals surface area contributed by atoms with E-state index in [1.165, 1.54) is 11.1 Å². The molecule has 0 rings (SSSR count). The molecular formula is C14H24O2. The molecule has 0 aliphatic heterocycles. The lowest BCUT2D eigenvalue weighted by atomic mass is 10.1. The molecule has 0 spiro atoms. The van der Waals surface area contributed by atoms with E-state index in [1.54, 1.807) is 13.8 Å². The maximum Gasteiger partial charge on any atom is 0.151 e. The summed E-state index contributed by atoms with van der Waals surface area (Å²) in [6.45, 7) is 10.4. The van der Waals surface area contributed by atoms with Crippen molar-refractivity contribution in [2.75, 3.05) is 6.61 Å².